The van der Waals surface area contributed by atoms with Crippen LogP contribution in [0.4, 0.5) is 0 Å². The maximum absolute atomic E-state index is 11.7. The third-order valence-electron chi connectivity index (χ3n) is 4.18. The molecule has 0 radical (unpaired) electrons. The van der Waals surface area contributed by atoms with Crippen molar-refractivity contribution in [3.05, 3.63) is 52.3 Å². The van der Waals surface area contributed by atoms with E-state index in [4.69, 9.17) is 27.3 Å². The molecule has 0 bridgehead atoms. The Labute approximate surface area is 166 Å². The Morgan fingerprint density at radius 1 is 1.52 bits per heavy atom. The minimum absolute atomic E-state index is 0.0278. The molecule has 1 aliphatic rings. The lowest BCUT2D eigenvalue weighted by Crippen LogP contribution is -2.43. The summed E-state index contributed by atoms with van der Waals surface area (Å²) in [5.74, 6) is -0.413. The Balaban J connectivity index is 1.75. The number of primary amides is 1. The summed E-state index contributed by atoms with van der Waals surface area (Å²) in [7, 11) is 1.56. The molecule has 2 aromatic rings. The molecule has 7 nitrogen and oxygen atoms in total. The van der Waals surface area contributed by atoms with Gasteiger partial charge < -0.3 is 15.4 Å². The van der Waals surface area contributed by atoms with Crippen molar-refractivity contribution < 1.29 is 9.53 Å². The summed E-state index contributed by atoms with van der Waals surface area (Å²) in [5.41, 5.74) is 7.52. The molecule has 0 saturated heterocycles. The highest BCUT2D eigenvalue weighted by molar-refractivity contribution is 8.04. The SMILES string of the molecule is COC1=CN(C(C)Cn2ccc(-c3ccc(C#N)c(Cl)c3)n2)[C@@H](C(N)=O)S1. The van der Waals surface area contributed by atoms with E-state index in [-0.39, 0.29) is 6.04 Å². The van der Waals surface area contributed by atoms with E-state index < -0.39 is 11.3 Å². The van der Waals surface area contributed by atoms with Gasteiger partial charge in [-0.05, 0) is 25.1 Å². The molecule has 1 aromatic carbocycles. The molecule has 0 fully saturated rings. The van der Waals surface area contributed by atoms with Gasteiger partial charge in [0, 0.05) is 17.8 Å². The Hall–Kier alpha value is -2.63. The molecule has 9 heteroatoms. The fourth-order valence-electron chi connectivity index (χ4n) is 2.80. The molecule has 0 spiro atoms. The Kier molecular flexibility index (Phi) is 5.63. The van der Waals surface area contributed by atoms with Gasteiger partial charge in [-0.25, -0.2) is 0 Å². The van der Waals surface area contributed by atoms with Crippen molar-refractivity contribution in [2.75, 3.05) is 7.11 Å². The van der Waals surface area contributed by atoms with Crippen LogP contribution in [0.25, 0.3) is 11.3 Å². The molecule has 0 aliphatic carbocycles. The van der Waals surface area contributed by atoms with Gasteiger partial charge in [0.25, 0.3) is 5.91 Å². The number of hydrogen-bond donors (Lipinski definition) is 1. The minimum atomic E-state index is -0.498. The maximum Gasteiger partial charge on any atom is 0.251 e. The van der Waals surface area contributed by atoms with Gasteiger partial charge in [-0.2, -0.15) is 10.4 Å². The number of thioether (sulfide) groups is 1. The number of amides is 1. The predicted octanol–water partition coefficient (Wildman–Crippen LogP) is 2.77. The van der Waals surface area contributed by atoms with Crippen molar-refractivity contribution in [3.8, 4) is 17.3 Å². The van der Waals surface area contributed by atoms with Gasteiger partial charge in [-0.1, -0.05) is 29.4 Å². The summed E-state index contributed by atoms with van der Waals surface area (Å²) in [4.78, 5) is 13.6. The van der Waals surface area contributed by atoms with Gasteiger partial charge in [0.05, 0.1) is 36.1 Å². The van der Waals surface area contributed by atoms with E-state index in [1.807, 2.05) is 36.2 Å². The lowest BCUT2D eigenvalue weighted by Gasteiger charge is -2.28. The topological polar surface area (TPSA) is 97.2 Å². The molecule has 1 unspecified atom stereocenters. The highest BCUT2D eigenvalue weighted by atomic mass is 35.5. The number of ether oxygens (including phenoxy) is 1. The van der Waals surface area contributed by atoms with E-state index >= 15 is 0 Å². The largest absolute Gasteiger partial charge is 0.489 e. The summed E-state index contributed by atoms with van der Waals surface area (Å²) < 4.78 is 7.03. The number of halogens is 1. The number of carbonyl (C=O) groups excluding carboxylic acids is 1. The van der Waals surface area contributed by atoms with Gasteiger partial charge in [0.2, 0.25) is 0 Å². The van der Waals surface area contributed by atoms with Crippen molar-refractivity contribution in [1.82, 2.24) is 14.7 Å². The minimum Gasteiger partial charge on any atom is -0.489 e. The van der Waals surface area contributed by atoms with Crippen molar-refractivity contribution in [3.63, 3.8) is 0 Å². The average Bonchev–Trinajstić information content (AvgIpc) is 3.28. The Morgan fingerprint density at radius 2 is 2.30 bits per heavy atom. The summed E-state index contributed by atoms with van der Waals surface area (Å²) >= 11 is 7.39. The second-order valence-corrected chi connectivity index (χ2v) is 7.54. The lowest BCUT2D eigenvalue weighted by atomic mass is 10.1. The van der Waals surface area contributed by atoms with Gasteiger partial charge in [-0.3, -0.25) is 9.48 Å². The number of benzene rings is 1. The van der Waals surface area contributed by atoms with Gasteiger partial charge >= 0.3 is 0 Å². The number of hydrogen-bond acceptors (Lipinski definition) is 6. The van der Waals surface area contributed by atoms with Crippen LogP contribution in [0.1, 0.15) is 12.5 Å². The molecule has 140 valence electrons. The van der Waals surface area contributed by atoms with Gasteiger partial charge in [-0.15, -0.1) is 0 Å². The highest BCUT2D eigenvalue weighted by Crippen LogP contribution is 2.34. The molecule has 1 aromatic heterocycles. The third-order valence-corrected chi connectivity index (χ3v) is 5.70. The molecule has 27 heavy (non-hydrogen) atoms. The van der Waals surface area contributed by atoms with E-state index in [2.05, 4.69) is 5.10 Å². The summed E-state index contributed by atoms with van der Waals surface area (Å²) in [6.45, 7) is 2.55. The highest BCUT2D eigenvalue weighted by Gasteiger charge is 2.33. The molecule has 2 N–H and O–H groups in total. The van der Waals surface area contributed by atoms with Crippen LogP contribution >= 0.6 is 23.4 Å². The first-order chi connectivity index (χ1) is 12.9. The van der Waals surface area contributed by atoms with E-state index in [1.165, 1.54) is 11.8 Å². The average molecular weight is 404 g/mol. The lowest BCUT2D eigenvalue weighted by molar-refractivity contribution is -0.120. The summed E-state index contributed by atoms with van der Waals surface area (Å²) in [5, 5.41) is 14.1. The molecule has 3 rings (SSSR count). The zero-order valence-electron chi connectivity index (χ0n) is 14.8. The van der Waals surface area contributed by atoms with Crippen LogP contribution in [0, 0.1) is 11.3 Å². The van der Waals surface area contributed by atoms with Gasteiger partial charge in [0.15, 0.2) is 10.5 Å². The molecular formula is C18H18ClN5O2S. The van der Waals surface area contributed by atoms with Crippen LogP contribution in [0.15, 0.2) is 41.8 Å². The number of nitrogens with zero attached hydrogens (tertiary/aromatic N) is 4. The normalized spacial score (nSPS) is 17.3. The molecule has 0 saturated carbocycles. The quantitative estimate of drug-likeness (QED) is 0.796. The second-order valence-electron chi connectivity index (χ2n) is 6.05. The van der Waals surface area contributed by atoms with Crippen molar-refractivity contribution in [2.24, 2.45) is 5.73 Å². The van der Waals surface area contributed by atoms with Crippen molar-refractivity contribution in [1.29, 1.82) is 5.26 Å². The fourth-order valence-corrected chi connectivity index (χ4v) is 4.03. The predicted molar refractivity (Wildman–Crippen MR) is 104 cm³/mol. The Bertz CT molecular complexity index is 936. The first kappa shape index (κ1) is 19.1. The molecule has 1 amide bonds. The van der Waals surface area contributed by atoms with E-state index in [1.54, 1.807) is 30.1 Å². The second kappa shape index (κ2) is 7.94. The third kappa shape index (κ3) is 4.04. The zero-order valence-corrected chi connectivity index (χ0v) is 16.4. The molecule has 2 atom stereocenters. The monoisotopic (exact) mass is 403 g/mol. The van der Waals surface area contributed by atoms with E-state index in [9.17, 15) is 4.79 Å². The number of aromatic nitrogens is 2. The van der Waals surface area contributed by atoms with Crippen LogP contribution in [-0.4, -0.2) is 39.1 Å². The number of nitrogens with two attached hydrogens (primary N) is 1. The zero-order chi connectivity index (χ0) is 19.6. The standard InChI is InChI=1S/C18H18ClN5O2S/c1-11(24-10-16(26-2)27-18(24)17(21)25)9-23-6-5-15(22-23)12-3-4-13(8-20)14(19)7-12/h3-7,10-11,18H,9H2,1-2H3,(H2,21,25)/t11?,18-/m1/s1. The van der Waals surface area contributed by atoms with Crippen molar-refractivity contribution >= 4 is 29.3 Å². The summed E-state index contributed by atoms with van der Waals surface area (Å²) in [6, 6.07) is 9.11. The molecular weight excluding hydrogens is 386 g/mol. The number of nitriles is 1. The van der Waals surface area contributed by atoms with E-state index in [0.717, 1.165) is 11.3 Å². The van der Waals surface area contributed by atoms with Crippen LogP contribution < -0.4 is 5.73 Å². The summed E-state index contributed by atoms with van der Waals surface area (Å²) in [6.07, 6.45) is 3.66. The van der Waals surface area contributed by atoms with Crippen LogP contribution in [-0.2, 0) is 16.1 Å². The number of methoxy groups -OCH3 is 1. The number of carbonyl (C=O) groups is 1. The van der Waals surface area contributed by atoms with Crippen LogP contribution in [0.2, 0.25) is 5.02 Å². The molecule has 2 heterocycles. The number of rotatable bonds is 6. The maximum atomic E-state index is 11.7. The first-order valence-electron chi connectivity index (χ1n) is 8.15. The first-order valence-corrected chi connectivity index (χ1v) is 9.41. The molecule has 1 aliphatic heterocycles. The van der Waals surface area contributed by atoms with Crippen LogP contribution in [0.3, 0.4) is 0 Å². The fraction of sp³-hybridized carbons (Fsp3) is 0.278. The van der Waals surface area contributed by atoms with Crippen LogP contribution in [0.5, 0.6) is 0 Å². The smallest absolute Gasteiger partial charge is 0.251 e. The van der Waals surface area contributed by atoms with Crippen molar-refractivity contribution in [2.45, 2.75) is 24.9 Å². The Morgan fingerprint density at radius 3 is 2.93 bits per heavy atom. The van der Waals surface area contributed by atoms with Gasteiger partial charge in [0.1, 0.15) is 6.07 Å². The van der Waals surface area contributed by atoms with E-state index in [0.29, 0.717) is 22.2 Å².